The van der Waals surface area contributed by atoms with Gasteiger partial charge in [0.2, 0.25) is 0 Å². The number of hydrogen-bond donors (Lipinski definition) is 1. The Kier molecular flexibility index (Phi) is 3.39. The van der Waals surface area contributed by atoms with Crippen molar-refractivity contribution < 1.29 is 0 Å². The van der Waals surface area contributed by atoms with Crippen LogP contribution in [0.4, 0.5) is 5.69 Å². The highest BCUT2D eigenvalue weighted by molar-refractivity contribution is 8.14. The van der Waals surface area contributed by atoms with E-state index in [0.717, 1.165) is 23.0 Å². The van der Waals surface area contributed by atoms with Gasteiger partial charge in [-0.25, -0.2) is 0 Å². The highest BCUT2D eigenvalue weighted by Crippen LogP contribution is 2.26. The summed E-state index contributed by atoms with van der Waals surface area (Å²) < 4.78 is 0. The minimum absolute atomic E-state index is 0.0280. The van der Waals surface area contributed by atoms with Crippen LogP contribution in [0.1, 0.15) is 25.8 Å². The number of amidine groups is 1. The lowest BCUT2D eigenvalue weighted by molar-refractivity contribution is 0.507. The van der Waals surface area contributed by atoms with Gasteiger partial charge in [0.1, 0.15) is 0 Å². The van der Waals surface area contributed by atoms with E-state index >= 15 is 0 Å². The van der Waals surface area contributed by atoms with Gasteiger partial charge in [-0.3, -0.25) is 4.99 Å². The molecule has 0 aromatic heterocycles. The average molecular weight is 245 g/mol. The standard InChI is InChI=1S/C13H15N3S/c1-13(2)7-8-17-12(16-13)15-11-5-3-10(9-14)4-6-11/h3-6H,7-8H2,1-2H3,(H,15,16). The van der Waals surface area contributed by atoms with E-state index in [-0.39, 0.29) is 5.54 Å². The number of hydrogen-bond acceptors (Lipinski definition) is 4. The van der Waals surface area contributed by atoms with Crippen molar-refractivity contribution in [2.75, 3.05) is 11.1 Å². The van der Waals surface area contributed by atoms with Crippen molar-refractivity contribution >= 4 is 22.6 Å². The first-order chi connectivity index (χ1) is 8.09. The van der Waals surface area contributed by atoms with Crippen molar-refractivity contribution in [2.24, 2.45) is 4.99 Å². The Labute approximate surface area is 106 Å². The third-order valence-corrected chi connectivity index (χ3v) is 3.50. The zero-order valence-corrected chi connectivity index (χ0v) is 10.8. The van der Waals surface area contributed by atoms with Gasteiger partial charge in [0, 0.05) is 11.4 Å². The fraction of sp³-hybridized carbons (Fsp3) is 0.385. The van der Waals surface area contributed by atoms with Crippen molar-refractivity contribution in [2.45, 2.75) is 25.8 Å². The van der Waals surface area contributed by atoms with Gasteiger partial charge in [0.05, 0.1) is 17.2 Å². The van der Waals surface area contributed by atoms with E-state index in [1.54, 1.807) is 11.8 Å². The molecule has 1 aromatic rings. The summed E-state index contributed by atoms with van der Waals surface area (Å²) in [4.78, 5) is 4.66. The lowest BCUT2D eigenvalue weighted by Gasteiger charge is -2.26. The van der Waals surface area contributed by atoms with E-state index in [4.69, 9.17) is 5.26 Å². The molecule has 0 saturated carbocycles. The van der Waals surface area contributed by atoms with Crippen LogP contribution in [0.15, 0.2) is 29.3 Å². The van der Waals surface area contributed by atoms with Gasteiger partial charge < -0.3 is 5.32 Å². The Morgan fingerprint density at radius 2 is 2.06 bits per heavy atom. The second kappa shape index (κ2) is 4.80. The molecule has 0 unspecified atom stereocenters. The van der Waals surface area contributed by atoms with Crippen molar-refractivity contribution in [3.05, 3.63) is 29.8 Å². The third-order valence-electron chi connectivity index (χ3n) is 2.62. The zero-order chi connectivity index (χ0) is 12.3. The molecular formula is C13H15N3S. The second-order valence-corrected chi connectivity index (χ2v) is 5.73. The maximum atomic E-state index is 8.72. The Bertz CT molecular complexity index is 468. The smallest absolute Gasteiger partial charge is 0.161 e. The summed E-state index contributed by atoms with van der Waals surface area (Å²) >= 11 is 1.74. The highest BCUT2D eigenvalue weighted by atomic mass is 32.2. The van der Waals surface area contributed by atoms with Crippen molar-refractivity contribution in [1.29, 1.82) is 5.26 Å². The molecule has 2 rings (SSSR count). The van der Waals surface area contributed by atoms with Gasteiger partial charge in [0.15, 0.2) is 5.17 Å². The third kappa shape index (κ3) is 3.24. The molecule has 0 amide bonds. The molecule has 0 atom stereocenters. The lowest BCUT2D eigenvalue weighted by Crippen LogP contribution is -2.27. The number of thioether (sulfide) groups is 1. The van der Waals surface area contributed by atoms with Crippen molar-refractivity contribution in [3.8, 4) is 6.07 Å². The normalized spacial score (nSPS) is 18.1. The van der Waals surface area contributed by atoms with Gasteiger partial charge >= 0.3 is 0 Å². The van der Waals surface area contributed by atoms with E-state index in [0.29, 0.717) is 5.56 Å². The predicted molar refractivity (Wildman–Crippen MR) is 73.4 cm³/mol. The van der Waals surface area contributed by atoms with Gasteiger partial charge in [-0.1, -0.05) is 11.8 Å². The molecule has 3 nitrogen and oxygen atoms in total. The van der Waals surface area contributed by atoms with Gasteiger partial charge in [-0.05, 0) is 44.5 Å². The predicted octanol–water partition coefficient (Wildman–Crippen LogP) is 3.24. The molecule has 17 heavy (non-hydrogen) atoms. The minimum atomic E-state index is 0.0280. The van der Waals surface area contributed by atoms with E-state index in [1.807, 2.05) is 24.3 Å². The Hall–Kier alpha value is -1.47. The molecule has 0 saturated heterocycles. The molecule has 1 aromatic carbocycles. The summed E-state index contributed by atoms with van der Waals surface area (Å²) in [5.74, 6) is 1.09. The topological polar surface area (TPSA) is 48.2 Å². The first-order valence-electron chi connectivity index (χ1n) is 5.59. The van der Waals surface area contributed by atoms with Gasteiger partial charge in [-0.15, -0.1) is 0 Å². The van der Waals surface area contributed by atoms with Crippen LogP contribution in [0.2, 0.25) is 0 Å². The number of anilines is 1. The number of nitriles is 1. The molecule has 1 N–H and O–H groups in total. The fourth-order valence-corrected chi connectivity index (χ4v) is 2.87. The van der Waals surface area contributed by atoms with Crippen LogP contribution in [0.5, 0.6) is 0 Å². The number of rotatable bonds is 1. The second-order valence-electron chi connectivity index (χ2n) is 4.64. The fourth-order valence-electron chi connectivity index (χ4n) is 1.58. The molecule has 1 aliphatic rings. The minimum Gasteiger partial charge on any atom is -0.335 e. The van der Waals surface area contributed by atoms with E-state index in [1.165, 1.54) is 0 Å². The molecule has 0 spiro atoms. The molecule has 1 aliphatic heterocycles. The van der Waals surface area contributed by atoms with Crippen molar-refractivity contribution in [3.63, 3.8) is 0 Å². The Morgan fingerprint density at radius 3 is 2.65 bits per heavy atom. The molecule has 0 bridgehead atoms. The van der Waals surface area contributed by atoms with Crippen LogP contribution in [0.3, 0.4) is 0 Å². The van der Waals surface area contributed by atoms with Crippen LogP contribution in [0, 0.1) is 11.3 Å². The monoisotopic (exact) mass is 245 g/mol. The summed E-state index contributed by atoms with van der Waals surface area (Å²) in [6, 6.07) is 9.53. The van der Waals surface area contributed by atoms with E-state index < -0.39 is 0 Å². The Balaban J connectivity index is 2.10. The van der Waals surface area contributed by atoms with E-state index in [9.17, 15) is 0 Å². The summed E-state index contributed by atoms with van der Waals surface area (Å²) in [7, 11) is 0. The summed E-state index contributed by atoms with van der Waals surface area (Å²) in [6.07, 6.45) is 1.11. The molecule has 0 radical (unpaired) electrons. The number of benzene rings is 1. The Morgan fingerprint density at radius 1 is 1.35 bits per heavy atom. The summed E-state index contributed by atoms with van der Waals surface area (Å²) in [5, 5.41) is 13.0. The largest absolute Gasteiger partial charge is 0.335 e. The van der Waals surface area contributed by atoms with Crippen LogP contribution in [-0.2, 0) is 0 Å². The molecule has 1 heterocycles. The first kappa shape index (κ1) is 12.0. The maximum absolute atomic E-state index is 8.72. The van der Waals surface area contributed by atoms with Gasteiger partial charge in [0.25, 0.3) is 0 Å². The SMILES string of the molecule is CC1(C)CCSC(Nc2ccc(C#N)cc2)=N1. The zero-order valence-electron chi connectivity index (χ0n) is 10.0. The lowest BCUT2D eigenvalue weighted by atomic mass is 10.0. The summed E-state index contributed by atoms with van der Waals surface area (Å²) in [5.41, 5.74) is 1.68. The molecule has 4 heteroatoms. The molecular weight excluding hydrogens is 230 g/mol. The maximum Gasteiger partial charge on any atom is 0.161 e. The first-order valence-corrected chi connectivity index (χ1v) is 6.57. The highest BCUT2D eigenvalue weighted by Gasteiger charge is 2.22. The van der Waals surface area contributed by atoms with Crippen molar-refractivity contribution in [1.82, 2.24) is 0 Å². The average Bonchev–Trinajstić information content (AvgIpc) is 2.29. The summed E-state index contributed by atoms with van der Waals surface area (Å²) in [6.45, 7) is 4.29. The number of aliphatic imine (C=N–C) groups is 1. The van der Waals surface area contributed by atoms with Gasteiger partial charge in [-0.2, -0.15) is 5.26 Å². The van der Waals surface area contributed by atoms with Crippen LogP contribution in [0.25, 0.3) is 0 Å². The number of nitrogens with zero attached hydrogens (tertiary/aromatic N) is 2. The van der Waals surface area contributed by atoms with Crippen LogP contribution < -0.4 is 5.32 Å². The molecule has 88 valence electrons. The quantitative estimate of drug-likeness (QED) is 0.826. The molecule has 0 aliphatic carbocycles. The van der Waals surface area contributed by atoms with Crippen LogP contribution in [-0.4, -0.2) is 16.5 Å². The molecule has 0 fully saturated rings. The van der Waals surface area contributed by atoms with Crippen LogP contribution >= 0.6 is 11.8 Å². The van der Waals surface area contributed by atoms with E-state index in [2.05, 4.69) is 30.2 Å². The number of nitrogens with one attached hydrogen (secondary N) is 1.